The molecule has 6 nitrogen and oxygen atoms in total. The minimum atomic E-state index is -0.108. The molecule has 3 aromatic heterocycles. The summed E-state index contributed by atoms with van der Waals surface area (Å²) in [7, 11) is 3.50. The number of hydrogen-bond donors (Lipinski definition) is 1. The first-order chi connectivity index (χ1) is 17.0. The van der Waals surface area contributed by atoms with E-state index >= 15 is 0 Å². The number of fused-ring (bicyclic) bond motifs is 1. The van der Waals surface area contributed by atoms with Gasteiger partial charge in [-0.2, -0.15) is 0 Å². The van der Waals surface area contributed by atoms with Gasteiger partial charge in [-0.1, -0.05) is 48.5 Å². The van der Waals surface area contributed by atoms with Crippen LogP contribution in [0.2, 0.25) is 0 Å². The topological polar surface area (TPSA) is 69.0 Å². The maximum Gasteiger partial charge on any atom is 0.274 e. The van der Waals surface area contributed by atoms with Gasteiger partial charge in [-0.3, -0.25) is 9.59 Å². The molecule has 1 saturated heterocycles. The third kappa shape index (κ3) is 3.63. The third-order valence-corrected chi connectivity index (χ3v) is 6.88. The average molecular weight is 464 g/mol. The number of nitrogens with one attached hydrogen (secondary N) is 1. The summed E-state index contributed by atoms with van der Waals surface area (Å²) in [6.45, 7) is 1.48. The molecule has 0 unspecified atom stereocenters. The van der Waals surface area contributed by atoms with Gasteiger partial charge in [0.25, 0.3) is 11.1 Å². The highest BCUT2D eigenvalue weighted by Gasteiger charge is 2.22. The molecule has 0 aliphatic carbocycles. The molecule has 0 radical (unpaired) electrons. The molecule has 5 aromatic rings. The second-order valence-electron chi connectivity index (χ2n) is 9.21. The molecule has 35 heavy (non-hydrogen) atoms. The van der Waals surface area contributed by atoms with Crippen LogP contribution in [0.4, 0.5) is 0 Å². The van der Waals surface area contributed by atoms with Crippen molar-refractivity contribution in [2.24, 2.45) is 14.1 Å². The second kappa shape index (κ2) is 8.25. The smallest absolute Gasteiger partial charge is 0.274 e. The van der Waals surface area contributed by atoms with E-state index in [2.05, 4.69) is 17.1 Å². The van der Waals surface area contributed by atoms with Crippen molar-refractivity contribution in [3.63, 3.8) is 0 Å². The molecule has 0 saturated carbocycles. The number of rotatable bonds is 4. The Bertz CT molecular complexity index is 1690. The van der Waals surface area contributed by atoms with Crippen LogP contribution in [0, 0.1) is 0 Å². The zero-order chi connectivity index (χ0) is 24.1. The van der Waals surface area contributed by atoms with Crippen molar-refractivity contribution in [1.29, 1.82) is 0 Å². The molecule has 0 spiro atoms. The number of nitrogens with zero attached hydrogens (tertiary/aromatic N) is 2. The lowest BCUT2D eigenvalue weighted by atomic mass is 9.94. The van der Waals surface area contributed by atoms with Crippen molar-refractivity contribution in [2.75, 3.05) is 13.2 Å². The number of H-pyrrole nitrogens is 1. The highest BCUT2D eigenvalue weighted by atomic mass is 16.5. The largest absolute Gasteiger partial charge is 0.380 e. The number of ether oxygens (including phenoxy) is 1. The number of aromatic nitrogens is 3. The summed E-state index contributed by atoms with van der Waals surface area (Å²) in [5.74, 6) is 0.414. The van der Waals surface area contributed by atoms with Gasteiger partial charge in [-0.15, -0.1) is 0 Å². The van der Waals surface area contributed by atoms with Crippen LogP contribution in [0.25, 0.3) is 44.4 Å². The van der Waals surface area contributed by atoms with E-state index < -0.39 is 0 Å². The quantitative estimate of drug-likeness (QED) is 0.421. The number of aryl methyl sites for hydroxylation is 2. The molecule has 0 amide bonds. The van der Waals surface area contributed by atoms with Crippen LogP contribution >= 0.6 is 0 Å². The molecule has 2 aromatic carbocycles. The van der Waals surface area contributed by atoms with E-state index in [1.165, 1.54) is 5.56 Å². The Kier molecular flexibility index (Phi) is 5.04. The molecular formula is C29H25N3O3. The summed E-state index contributed by atoms with van der Waals surface area (Å²) in [5.41, 5.74) is 7.01. The number of aromatic amines is 1. The number of benzene rings is 2. The predicted octanol–water partition coefficient (Wildman–Crippen LogP) is 4.68. The van der Waals surface area contributed by atoms with Crippen LogP contribution < -0.4 is 11.1 Å². The zero-order valence-corrected chi connectivity index (χ0v) is 19.6. The van der Waals surface area contributed by atoms with Crippen molar-refractivity contribution >= 4 is 10.9 Å². The fraction of sp³-hybridized carbons (Fsp3) is 0.172. The number of pyridine rings is 2. The lowest BCUT2D eigenvalue weighted by Crippen LogP contribution is -2.24. The Morgan fingerprint density at radius 1 is 0.800 bits per heavy atom. The predicted molar refractivity (Wildman–Crippen MR) is 139 cm³/mol. The van der Waals surface area contributed by atoms with Crippen LogP contribution in [0.1, 0.15) is 11.5 Å². The summed E-state index contributed by atoms with van der Waals surface area (Å²) in [5, 5.41) is 0.797. The summed E-state index contributed by atoms with van der Waals surface area (Å²) < 4.78 is 8.53. The second-order valence-corrected chi connectivity index (χ2v) is 9.21. The van der Waals surface area contributed by atoms with Gasteiger partial charge in [0.15, 0.2) is 0 Å². The highest BCUT2D eigenvalue weighted by molar-refractivity contribution is 6.00. The zero-order valence-electron chi connectivity index (χ0n) is 19.6. The molecule has 1 fully saturated rings. The molecule has 174 valence electrons. The van der Waals surface area contributed by atoms with Crippen molar-refractivity contribution in [1.82, 2.24) is 14.1 Å². The first-order valence-electron chi connectivity index (χ1n) is 11.7. The Labute approximate surface area is 202 Å². The van der Waals surface area contributed by atoms with Crippen molar-refractivity contribution in [3.8, 4) is 33.5 Å². The first kappa shape index (κ1) is 21.4. The van der Waals surface area contributed by atoms with E-state index in [1.807, 2.05) is 60.9 Å². The Balaban J connectivity index is 1.59. The Morgan fingerprint density at radius 2 is 1.54 bits per heavy atom. The monoisotopic (exact) mass is 463 g/mol. The summed E-state index contributed by atoms with van der Waals surface area (Å²) in [4.78, 5) is 29.2. The molecule has 6 heteroatoms. The summed E-state index contributed by atoms with van der Waals surface area (Å²) in [6, 6.07) is 22.0. The van der Waals surface area contributed by atoms with Crippen molar-refractivity contribution in [2.45, 2.75) is 5.92 Å². The van der Waals surface area contributed by atoms with Crippen LogP contribution in [0.3, 0.4) is 0 Å². The van der Waals surface area contributed by atoms with Gasteiger partial charge < -0.3 is 18.9 Å². The standard InChI is InChI=1S/C29H25N3O3/c1-31-14-24(18-7-4-3-5-8-18)22(13-27(31)33)25-15-32(2)29(34)28-23(25)12-26(30-28)20-10-6-9-19(11-20)21-16-35-17-21/h3-15,21,30H,16-17H2,1-2H3. The molecular weight excluding hydrogens is 438 g/mol. The molecule has 1 aliphatic heterocycles. The Morgan fingerprint density at radius 3 is 2.29 bits per heavy atom. The molecule has 6 rings (SSSR count). The number of hydrogen-bond acceptors (Lipinski definition) is 3. The van der Waals surface area contributed by atoms with E-state index in [0.717, 1.165) is 52.1 Å². The van der Waals surface area contributed by atoms with Gasteiger partial charge in [0.2, 0.25) is 0 Å². The van der Waals surface area contributed by atoms with Gasteiger partial charge in [0, 0.05) is 60.7 Å². The normalized spacial score (nSPS) is 13.8. The van der Waals surface area contributed by atoms with E-state index in [4.69, 9.17) is 4.74 Å². The molecule has 4 heterocycles. The van der Waals surface area contributed by atoms with Gasteiger partial charge in [-0.25, -0.2) is 0 Å². The highest BCUT2D eigenvalue weighted by Crippen LogP contribution is 2.36. The fourth-order valence-electron chi connectivity index (χ4n) is 4.79. The minimum absolute atomic E-state index is 0.104. The van der Waals surface area contributed by atoms with Crippen molar-refractivity contribution < 1.29 is 4.74 Å². The SMILES string of the molecule is Cn1cc(-c2ccccc2)c(-c2cn(C)c(=O)c3[nH]c(-c4cccc(C5COC5)c4)cc23)cc1=O. The first-order valence-corrected chi connectivity index (χ1v) is 11.7. The van der Waals surface area contributed by atoms with Gasteiger partial charge in [0.1, 0.15) is 5.52 Å². The Hall–Kier alpha value is -4.16. The van der Waals surface area contributed by atoms with E-state index in [9.17, 15) is 9.59 Å². The lowest BCUT2D eigenvalue weighted by molar-refractivity contribution is 0.00844. The van der Waals surface area contributed by atoms with Gasteiger partial charge >= 0.3 is 0 Å². The van der Waals surface area contributed by atoms with Crippen LogP contribution in [-0.4, -0.2) is 27.3 Å². The molecule has 0 bridgehead atoms. The maximum absolute atomic E-state index is 13.1. The van der Waals surface area contributed by atoms with Crippen molar-refractivity contribution in [3.05, 3.63) is 105 Å². The van der Waals surface area contributed by atoms with Crippen LogP contribution in [0.5, 0.6) is 0 Å². The van der Waals surface area contributed by atoms with E-state index in [-0.39, 0.29) is 11.1 Å². The van der Waals surface area contributed by atoms with Gasteiger partial charge in [-0.05, 0) is 34.4 Å². The maximum atomic E-state index is 13.1. The minimum Gasteiger partial charge on any atom is -0.380 e. The average Bonchev–Trinajstić information content (AvgIpc) is 3.29. The van der Waals surface area contributed by atoms with E-state index in [1.54, 1.807) is 29.3 Å². The summed E-state index contributed by atoms with van der Waals surface area (Å²) >= 11 is 0. The van der Waals surface area contributed by atoms with Gasteiger partial charge in [0.05, 0.1) is 13.2 Å². The molecule has 1 aliphatic rings. The third-order valence-electron chi connectivity index (χ3n) is 6.88. The van der Waals surface area contributed by atoms with Crippen LogP contribution in [-0.2, 0) is 18.8 Å². The fourth-order valence-corrected chi connectivity index (χ4v) is 4.79. The van der Waals surface area contributed by atoms with E-state index in [0.29, 0.717) is 11.4 Å². The van der Waals surface area contributed by atoms with Crippen LogP contribution in [0.15, 0.2) is 88.7 Å². The summed E-state index contributed by atoms with van der Waals surface area (Å²) in [6.07, 6.45) is 3.69. The lowest BCUT2D eigenvalue weighted by Gasteiger charge is -2.26. The molecule has 0 atom stereocenters. The molecule has 1 N–H and O–H groups in total.